The summed E-state index contributed by atoms with van der Waals surface area (Å²) >= 11 is 0. The molecule has 2 aliphatic heterocycles. The number of benzene rings is 2. The number of likely N-dealkylation sites (tertiary alicyclic amines) is 1. The first kappa shape index (κ1) is 21.2. The molecule has 4 rings (SSSR count). The van der Waals surface area contributed by atoms with Gasteiger partial charge in [0, 0.05) is 31.0 Å². The van der Waals surface area contributed by atoms with Crippen LogP contribution in [0.2, 0.25) is 0 Å². The fourth-order valence-electron chi connectivity index (χ4n) is 3.98. The summed E-state index contributed by atoms with van der Waals surface area (Å²) in [6.07, 6.45) is 9.54. The highest BCUT2D eigenvalue weighted by Gasteiger charge is 2.31. The molecule has 1 amide bonds. The Morgan fingerprint density at radius 3 is 2.42 bits per heavy atom. The van der Waals surface area contributed by atoms with Gasteiger partial charge in [-0.25, -0.2) is 0 Å². The summed E-state index contributed by atoms with van der Waals surface area (Å²) in [4.78, 5) is 14.8. The quantitative estimate of drug-likeness (QED) is 0.728. The number of aliphatic hydroxyl groups excluding tert-OH is 1. The Hall–Kier alpha value is -3.07. The van der Waals surface area contributed by atoms with Crippen LogP contribution >= 0.6 is 0 Å². The number of amides is 1. The van der Waals surface area contributed by atoms with Crippen LogP contribution in [0.15, 0.2) is 60.4 Å². The summed E-state index contributed by atoms with van der Waals surface area (Å²) in [5.74, 6) is 2.93. The lowest BCUT2D eigenvalue weighted by Crippen LogP contribution is -2.34. The molecule has 2 aromatic carbocycles. The standard InChI is InChI=1S/C26H27NO4/c1-2-19-9-11-22(12-10-19)23-15-24(26(29)27-13-3-4-14-27)31-25(16-23)30-18-21-7-5-20(17-28)6-8-21/h1,5-12,15,23,25,28H,3-4,13-14,16-18H2/t23-,25+/m0/s1. The van der Waals surface area contributed by atoms with Crippen LogP contribution < -0.4 is 0 Å². The van der Waals surface area contributed by atoms with E-state index in [1.165, 1.54) is 0 Å². The van der Waals surface area contributed by atoms with Crippen LogP contribution in [-0.2, 0) is 27.5 Å². The van der Waals surface area contributed by atoms with Crippen LogP contribution in [0.5, 0.6) is 0 Å². The Morgan fingerprint density at radius 2 is 1.77 bits per heavy atom. The van der Waals surface area contributed by atoms with Crippen LogP contribution in [0.3, 0.4) is 0 Å². The summed E-state index contributed by atoms with van der Waals surface area (Å²) in [5, 5.41) is 9.20. The molecule has 2 aliphatic rings. The molecule has 0 spiro atoms. The Labute approximate surface area is 183 Å². The van der Waals surface area contributed by atoms with E-state index in [-0.39, 0.29) is 18.4 Å². The normalized spacial score (nSPS) is 20.6. The lowest BCUT2D eigenvalue weighted by molar-refractivity contribution is -0.155. The number of hydrogen-bond donors (Lipinski definition) is 1. The molecule has 1 fully saturated rings. The van der Waals surface area contributed by atoms with E-state index in [1.54, 1.807) is 0 Å². The number of carbonyl (C=O) groups is 1. The average Bonchev–Trinajstić information content (AvgIpc) is 3.37. The third-order valence-corrected chi connectivity index (χ3v) is 5.81. The molecule has 0 aliphatic carbocycles. The molecule has 2 atom stereocenters. The second kappa shape index (κ2) is 9.82. The van der Waals surface area contributed by atoms with E-state index < -0.39 is 6.29 Å². The van der Waals surface area contributed by atoms with Crippen molar-refractivity contribution in [2.75, 3.05) is 13.1 Å². The van der Waals surface area contributed by atoms with Crippen LogP contribution in [0.25, 0.3) is 0 Å². The van der Waals surface area contributed by atoms with Crippen molar-refractivity contribution in [1.82, 2.24) is 4.90 Å². The Balaban J connectivity index is 1.51. The molecular weight excluding hydrogens is 390 g/mol. The number of rotatable bonds is 6. The van der Waals surface area contributed by atoms with E-state index >= 15 is 0 Å². The summed E-state index contributed by atoms with van der Waals surface area (Å²) < 4.78 is 12.1. The van der Waals surface area contributed by atoms with Crippen molar-refractivity contribution in [1.29, 1.82) is 0 Å². The van der Waals surface area contributed by atoms with Crippen LogP contribution in [0, 0.1) is 12.3 Å². The molecule has 5 heteroatoms. The van der Waals surface area contributed by atoms with Gasteiger partial charge in [0.05, 0.1) is 13.2 Å². The zero-order valence-corrected chi connectivity index (χ0v) is 17.5. The van der Waals surface area contributed by atoms with E-state index in [2.05, 4.69) is 5.92 Å². The average molecular weight is 418 g/mol. The molecule has 0 unspecified atom stereocenters. The van der Waals surface area contributed by atoms with Gasteiger partial charge >= 0.3 is 0 Å². The van der Waals surface area contributed by atoms with E-state index in [1.807, 2.05) is 59.5 Å². The van der Waals surface area contributed by atoms with Crippen molar-refractivity contribution in [3.05, 3.63) is 82.6 Å². The minimum absolute atomic E-state index is 0.00360. The highest BCUT2D eigenvalue weighted by atomic mass is 16.7. The predicted octanol–water partition coefficient (Wildman–Crippen LogP) is 3.71. The lowest BCUT2D eigenvalue weighted by atomic mass is 9.92. The molecule has 5 nitrogen and oxygen atoms in total. The summed E-state index contributed by atoms with van der Waals surface area (Å²) in [6, 6.07) is 15.4. The van der Waals surface area contributed by atoms with Crippen molar-refractivity contribution in [2.24, 2.45) is 0 Å². The second-order valence-electron chi connectivity index (χ2n) is 7.97. The number of allylic oxidation sites excluding steroid dienone is 1. The molecule has 1 N–H and O–H groups in total. The zero-order valence-electron chi connectivity index (χ0n) is 17.5. The zero-order chi connectivity index (χ0) is 21.6. The molecule has 31 heavy (non-hydrogen) atoms. The van der Waals surface area contributed by atoms with Gasteiger partial charge in [0.15, 0.2) is 5.76 Å². The smallest absolute Gasteiger partial charge is 0.288 e. The largest absolute Gasteiger partial charge is 0.459 e. The van der Waals surface area contributed by atoms with E-state index in [4.69, 9.17) is 15.9 Å². The SMILES string of the molecule is C#Cc1ccc([C@H]2C=C(C(=O)N3CCCC3)O[C@@H](OCc3ccc(CO)cc3)C2)cc1. The van der Waals surface area contributed by atoms with E-state index in [0.717, 1.165) is 48.2 Å². The third-order valence-electron chi connectivity index (χ3n) is 5.81. The van der Waals surface area contributed by atoms with Gasteiger partial charge < -0.3 is 19.5 Å². The van der Waals surface area contributed by atoms with Crippen LogP contribution in [0.4, 0.5) is 0 Å². The highest BCUT2D eigenvalue weighted by molar-refractivity contribution is 5.92. The van der Waals surface area contributed by atoms with Crippen LogP contribution in [0.1, 0.15) is 47.4 Å². The Bertz CT molecular complexity index is 966. The number of ether oxygens (including phenoxy) is 2. The van der Waals surface area contributed by atoms with Crippen molar-refractivity contribution in [3.8, 4) is 12.3 Å². The number of carbonyl (C=O) groups excluding carboxylic acids is 1. The molecule has 0 aromatic heterocycles. The van der Waals surface area contributed by atoms with Crippen molar-refractivity contribution in [2.45, 2.75) is 44.7 Å². The van der Waals surface area contributed by atoms with Gasteiger partial charge in [-0.3, -0.25) is 4.79 Å². The maximum Gasteiger partial charge on any atom is 0.288 e. The molecule has 160 valence electrons. The molecule has 2 aromatic rings. The Kier molecular flexibility index (Phi) is 6.71. The van der Waals surface area contributed by atoms with Crippen molar-refractivity contribution < 1.29 is 19.4 Å². The minimum Gasteiger partial charge on any atom is -0.459 e. The summed E-state index contributed by atoms with van der Waals surface area (Å²) in [7, 11) is 0. The van der Waals surface area contributed by atoms with E-state index in [9.17, 15) is 9.90 Å². The molecule has 0 radical (unpaired) electrons. The minimum atomic E-state index is -0.526. The number of hydrogen-bond acceptors (Lipinski definition) is 4. The first-order valence-electron chi connectivity index (χ1n) is 10.7. The van der Waals surface area contributed by atoms with Crippen molar-refractivity contribution >= 4 is 5.91 Å². The monoisotopic (exact) mass is 417 g/mol. The molecule has 1 saturated heterocycles. The van der Waals surface area contributed by atoms with Crippen LogP contribution in [-0.4, -0.2) is 35.3 Å². The summed E-state index contributed by atoms with van der Waals surface area (Å²) in [6.45, 7) is 1.91. The van der Waals surface area contributed by atoms with Gasteiger partial charge in [-0.1, -0.05) is 42.3 Å². The first-order valence-corrected chi connectivity index (χ1v) is 10.7. The number of terminal acetylenes is 1. The maximum atomic E-state index is 13.0. The maximum absolute atomic E-state index is 13.0. The topological polar surface area (TPSA) is 59.0 Å². The molecule has 0 saturated carbocycles. The molecule has 2 heterocycles. The van der Waals surface area contributed by atoms with Gasteiger partial charge in [0.25, 0.3) is 5.91 Å². The fraction of sp³-hybridized carbons (Fsp3) is 0.346. The van der Waals surface area contributed by atoms with Gasteiger partial charge in [0.2, 0.25) is 6.29 Å². The van der Waals surface area contributed by atoms with Gasteiger partial charge in [-0.15, -0.1) is 6.42 Å². The van der Waals surface area contributed by atoms with Gasteiger partial charge in [0.1, 0.15) is 0 Å². The first-order chi connectivity index (χ1) is 15.2. The highest BCUT2D eigenvalue weighted by Crippen LogP contribution is 2.33. The third kappa shape index (κ3) is 5.16. The van der Waals surface area contributed by atoms with Gasteiger partial charge in [-0.05, 0) is 47.7 Å². The Morgan fingerprint density at radius 1 is 1.10 bits per heavy atom. The van der Waals surface area contributed by atoms with Crippen molar-refractivity contribution in [3.63, 3.8) is 0 Å². The number of nitrogens with zero attached hydrogens (tertiary/aromatic N) is 1. The van der Waals surface area contributed by atoms with Gasteiger partial charge in [-0.2, -0.15) is 0 Å². The lowest BCUT2D eigenvalue weighted by Gasteiger charge is -2.31. The summed E-state index contributed by atoms with van der Waals surface area (Å²) in [5.41, 5.74) is 3.74. The fourth-order valence-corrected chi connectivity index (χ4v) is 3.98. The molecular formula is C26H27NO4. The predicted molar refractivity (Wildman–Crippen MR) is 118 cm³/mol. The van der Waals surface area contributed by atoms with E-state index in [0.29, 0.717) is 18.8 Å². The molecule has 0 bridgehead atoms. The number of aliphatic hydroxyl groups is 1. The second-order valence-corrected chi connectivity index (χ2v) is 7.97.